The molecule has 7 heteroatoms. The molecule has 0 aromatic heterocycles. The first-order valence-corrected chi connectivity index (χ1v) is 8.72. The van der Waals surface area contributed by atoms with Crippen molar-refractivity contribution in [1.82, 2.24) is 9.80 Å². The second-order valence-corrected chi connectivity index (χ2v) is 6.60. The Balaban J connectivity index is 1.62. The van der Waals surface area contributed by atoms with Gasteiger partial charge in [-0.05, 0) is 36.8 Å². The summed E-state index contributed by atoms with van der Waals surface area (Å²) in [5.74, 6) is -0.877. The van der Waals surface area contributed by atoms with Gasteiger partial charge in [-0.1, -0.05) is 24.3 Å². The normalized spacial score (nSPS) is 17.0. The van der Waals surface area contributed by atoms with Crippen molar-refractivity contribution in [2.24, 2.45) is 0 Å². The molecule has 1 atom stereocenters. The summed E-state index contributed by atoms with van der Waals surface area (Å²) in [6, 6.07) is 11.0. The molecule has 0 N–H and O–H groups in total. The fourth-order valence-corrected chi connectivity index (χ4v) is 3.28. The van der Waals surface area contributed by atoms with E-state index in [9.17, 15) is 22.4 Å². The van der Waals surface area contributed by atoms with Crippen LogP contribution in [0.25, 0.3) is 0 Å². The summed E-state index contributed by atoms with van der Waals surface area (Å²) in [7, 11) is 0. The van der Waals surface area contributed by atoms with E-state index in [1.54, 1.807) is 11.0 Å². The van der Waals surface area contributed by atoms with Crippen LogP contribution < -0.4 is 0 Å². The average molecular weight is 380 g/mol. The standard InChI is InChI=1S/C20H20F4N2O/c1-14(15-6-8-16(9-7-15)20(22,23)24)25-10-12-26(13-11-25)19(27)17-4-2-3-5-18(17)21/h2-9,14H,10-13H2,1H3. The van der Waals surface area contributed by atoms with Crippen molar-refractivity contribution in [3.63, 3.8) is 0 Å². The third kappa shape index (κ3) is 4.30. The highest BCUT2D eigenvalue weighted by atomic mass is 19.4. The van der Waals surface area contributed by atoms with Gasteiger partial charge in [0.1, 0.15) is 5.82 Å². The molecule has 0 saturated carbocycles. The van der Waals surface area contributed by atoms with Crippen molar-refractivity contribution in [3.05, 3.63) is 71.0 Å². The van der Waals surface area contributed by atoms with E-state index in [-0.39, 0.29) is 17.5 Å². The van der Waals surface area contributed by atoms with Gasteiger partial charge >= 0.3 is 6.18 Å². The monoisotopic (exact) mass is 380 g/mol. The highest BCUT2D eigenvalue weighted by Gasteiger charge is 2.31. The van der Waals surface area contributed by atoms with E-state index in [4.69, 9.17) is 0 Å². The third-order valence-electron chi connectivity index (χ3n) is 4.97. The van der Waals surface area contributed by atoms with Gasteiger partial charge in [0.25, 0.3) is 5.91 Å². The van der Waals surface area contributed by atoms with Gasteiger partial charge in [-0.25, -0.2) is 4.39 Å². The zero-order chi connectivity index (χ0) is 19.6. The zero-order valence-corrected chi connectivity index (χ0v) is 14.8. The number of nitrogens with zero attached hydrogens (tertiary/aromatic N) is 2. The summed E-state index contributed by atoms with van der Waals surface area (Å²) >= 11 is 0. The minimum atomic E-state index is -4.35. The number of carbonyl (C=O) groups excluding carboxylic acids is 1. The van der Waals surface area contributed by atoms with Gasteiger partial charge in [-0.2, -0.15) is 13.2 Å². The molecule has 2 aromatic carbocycles. The molecule has 0 radical (unpaired) electrons. The minimum absolute atomic E-state index is 0.0572. The summed E-state index contributed by atoms with van der Waals surface area (Å²) in [5.41, 5.74) is 0.178. The Morgan fingerprint density at radius 1 is 0.963 bits per heavy atom. The van der Waals surface area contributed by atoms with Crippen molar-refractivity contribution >= 4 is 5.91 Å². The van der Waals surface area contributed by atoms with Gasteiger partial charge in [-0.3, -0.25) is 9.69 Å². The molecule has 1 heterocycles. The SMILES string of the molecule is CC(c1ccc(C(F)(F)F)cc1)N1CCN(C(=O)c2ccccc2F)CC1. The maximum absolute atomic E-state index is 13.8. The predicted molar refractivity (Wildman–Crippen MR) is 93.7 cm³/mol. The van der Waals surface area contributed by atoms with Crippen molar-refractivity contribution in [2.75, 3.05) is 26.2 Å². The molecule has 1 saturated heterocycles. The lowest BCUT2D eigenvalue weighted by Crippen LogP contribution is -2.49. The number of hydrogen-bond acceptors (Lipinski definition) is 2. The molecule has 1 amide bonds. The number of hydrogen-bond donors (Lipinski definition) is 0. The molecule has 0 bridgehead atoms. The van der Waals surface area contributed by atoms with Crippen LogP contribution in [0.4, 0.5) is 17.6 Å². The fourth-order valence-electron chi connectivity index (χ4n) is 3.28. The molecule has 1 aliphatic rings. The van der Waals surface area contributed by atoms with Crippen molar-refractivity contribution < 1.29 is 22.4 Å². The number of amides is 1. The van der Waals surface area contributed by atoms with E-state index in [1.165, 1.54) is 30.3 Å². The van der Waals surface area contributed by atoms with Crippen LogP contribution in [0.5, 0.6) is 0 Å². The number of alkyl halides is 3. The Hall–Kier alpha value is -2.41. The maximum atomic E-state index is 13.8. The van der Waals surface area contributed by atoms with Gasteiger partial charge in [0.15, 0.2) is 0 Å². The smallest absolute Gasteiger partial charge is 0.336 e. The van der Waals surface area contributed by atoms with E-state index in [0.29, 0.717) is 26.2 Å². The molecule has 144 valence electrons. The number of benzene rings is 2. The lowest BCUT2D eigenvalue weighted by atomic mass is 10.0. The van der Waals surface area contributed by atoms with Crippen LogP contribution >= 0.6 is 0 Å². The van der Waals surface area contributed by atoms with E-state index in [2.05, 4.69) is 4.90 Å². The van der Waals surface area contributed by atoms with E-state index < -0.39 is 17.6 Å². The molecule has 1 unspecified atom stereocenters. The van der Waals surface area contributed by atoms with Crippen LogP contribution in [0.1, 0.15) is 34.5 Å². The van der Waals surface area contributed by atoms with E-state index >= 15 is 0 Å². The summed E-state index contributed by atoms with van der Waals surface area (Å²) in [4.78, 5) is 16.2. The van der Waals surface area contributed by atoms with Gasteiger partial charge in [0.2, 0.25) is 0 Å². The first kappa shape index (κ1) is 19.4. The number of rotatable bonds is 3. The topological polar surface area (TPSA) is 23.6 Å². The lowest BCUT2D eigenvalue weighted by Gasteiger charge is -2.38. The molecular weight excluding hydrogens is 360 g/mol. The van der Waals surface area contributed by atoms with Crippen LogP contribution in [0.15, 0.2) is 48.5 Å². The Labute approximate surface area is 155 Å². The number of halogens is 4. The molecule has 27 heavy (non-hydrogen) atoms. The largest absolute Gasteiger partial charge is 0.416 e. The third-order valence-corrected chi connectivity index (χ3v) is 4.97. The second kappa shape index (κ2) is 7.68. The lowest BCUT2D eigenvalue weighted by molar-refractivity contribution is -0.137. The molecule has 1 aliphatic heterocycles. The van der Waals surface area contributed by atoms with Crippen LogP contribution in [-0.2, 0) is 6.18 Å². The molecule has 0 spiro atoms. The van der Waals surface area contributed by atoms with Gasteiger partial charge in [0, 0.05) is 32.2 Å². The van der Waals surface area contributed by atoms with Gasteiger partial charge < -0.3 is 4.90 Å². The van der Waals surface area contributed by atoms with Crippen LogP contribution in [0.2, 0.25) is 0 Å². The quantitative estimate of drug-likeness (QED) is 0.739. The Morgan fingerprint density at radius 3 is 2.11 bits per heavy atom. The Bertz CT molecular complexity index is 796. The summed E-state index contributed by atoms with van der Waals surface area (Å²) in [5, 5.41) is 0. The summed E-state index contributed by atoms with van der Waals surface area (Å²) in [6.45, 7) is 3.96. The van der Waals surface area contributed by atoms with Crippen molar-refractivity contribution in [2.45, 2.75) is 19.1 Å². The van der Waals surface area contributed by atoms with Gasteiger partial charge in [-0.15, -0.1) is 0 Å². The van der Waals surface area contributed by atoms with Crippen LogP contribution in [0, 0.1) is 5.82 Å². The fraction of sp³-hybridized carbons (Fsp3) is 0.350. The second-order valence-electron chi connectivity index (χ2n) is 6.60. The minimum Gasteiger partial charge on any atom is -0.336 e. The molecule has 3 rings (SSSR count). The van der Waals surface area contributed by atoms with Crippen LogP contribution in [-0.4, -0.2) is 41.9 Å². The first-order valence-electron chi connectivity index (χ1n) is 8.72. The Kier molecular flexibility index (Phi) is 5.51. The van der Waals surface area contributed by atoms with Crippen molar-refractivity contribution in [1.29, 1.82) is 0 Å². The van der Waals surface area contributed by atoms with Crippen LogP contribution in [0.3, 0.4) is 0 Å². The highest BCUT2D eigenvalue weighted by Crippen LogP contribution is 2.31. The van der Waals surface area contributed by atoms with E-state index in [0.717, 1.165) is 17.7 Å². The number of piperazine rings is 1. The van der Waals surface area contributed by atoms with E-state index in [1.807, 2.05) is 6.92 Å². The Morgan fingerprint density at radius 2 is 1.56 bits per heavy atom. The zero-order valence-electron chi connectivity index (χ0n) is 14.8. The van der Waals surface area contributed by atoms with Crippen molar-refractivity contribution in [3.8, 4) is 0 Å². The molecule has 3 nitrogen and oxygen atoms in total. The highest BCUT2D eigenvalue weighted by molar-refractivity contribution is 5.94. The maximum Gasteiger partial charge on any atom is 0.416 e. The molecule has 0 aliphatic carbocycles. The summed E-state index contributed by atoms with van der Waals surface area (Å²) < 4.78 is 51.9. The first-order chi connectivity index (χ1) is 12.8. The molecule has 2 aromatic rings. The average Bonchev–Trinajstić information content (AvgIpc) is 2.67. The predicted octanol–water partition coefficient (Wildman–Crippen LogP) is 4.36. The molecular formula is C20H20F4N2O. The van der Waals surface area contributed by atoms with Gasteiger partial charge in [0.05, 0.1) is 11.1 Å². The summed E-state index contributed by atoms with van der Waals surface area (Å²) in [6.07, 6.45) is -4.35. The number of carbonyl (C=O) groups is 1. The molecule has 1 fully saturated rings.